The molecule has 2 amide bonds. The van der Waals surface area contributed by atoms with Gasteiger partial charge >= 0.3 is 6.03 Å². The molecule has 1 unspecified atom stereocenters. The van der Waals surface area contributed by atoms with Crippen molar-refractivity contribution in [2.24, 2.45) is 5.10 Å². The largest absolute Gasteiger partial charge is 0.508 e. The van der Waals surface area contributed by atoms with Crippen molar-refractivity contribution in [2.45, 2.75) is 31.6 Å². The van der Waals surface area contributed by atoms with E-state index in [1.165, 1.54) is 17.9 Å². The van der Waals surface area contributed by atoms with Crippen LogP contribution < -0.4 is 5.43 Å². The van der Waals surface area contributed by atoms with E-state index in [0.29, 0.717) is 6.54 Å². The van der Waals surface area contributed by atoms with Crippen LogP contribution in [0.1, 0.15) is 42.7 Å². The Morgan fingerprint density at radius 2 is 1.64 bits per heavy atom. The third kappa shape index (κ3) is 4.17. The zero-order valence-corrected chi connectivity index (χ0v) is 15.9. The molecule has 1 saturated heterocycles. The summed E-state index contributed by atoms with van der Waals surface area (Å²) in [7, 11) is 0. The van der Waals surface area contributed by atoms with E-state index >= 15 is 0 Å². The summed E-state index contributed by atoms with van der Waals surface area (Å²) in [4.78, 5) is 12.9. The molecule has 0 spiro atoms. The maximum absolute atomic E-state index is 12.9. The Labute approximate surface area is 165 Å². The Morgan fingerprint density at radius 1 is 0.964 bits per heavy atom. The van der Waals surface area contributed by atoms with Gasteiger partial charge in [-0.3, -0.25) is 5.43 Å². The molecule has 0 aliphatic carbocycles. The van der Waals surface area contributed by atoms with E-state index in [1.807, 2.05) is 35.3 Å². The van der Waals surface area contributed by atoms with Gasteiger partial charge in [0.2, 0.25) is 0 Å². The quantitative estimate of drug-likeness (QED) is 0.856. The number of aromatic hydroxyl groups is 1. The average molecular weight is 378 g/mol. The average Bonchev–Trinajstić information content (AvgIpc) is 3.01. The number of amides is 2. The maximum Gasteiger partial charge on any atom is 0.352 e. The van der Waals surface area contributed by atoms with Gasteiger partial charge in [0.05, 0.1) is 12.3 Å². The first kappa shape index (κ1) is 18.5. The van der Waals surface area contributed by atoms with Gasteiger partial charge in [-0.25, -0.2) is 14.8 Å². The first-order chi connectivity index (χ1) is 13.7. The van der Waals surface area contributed by atoms with E-state index in [1.54, 1.807) is 12.1 Å². The first-order valence-electron chi connectivity index (χ1n) is 9.96. The minimum absolute atomic E-state index is 0.000580. The van der Waals surface area contributed by atoms with Gasteiger partial charge in [-0.1, -0.05) is 43.2 Å². The van der Waals surface area contributed by atoms with Gasteiger partial charge in [0.25, 0.3) is 0 Å². The van der Waals surface area contributed by atoms with Crippen LogP contribution in [0.4, 0.5) is 4.79 Å². The summed E-state index contributed by atoms with van der Waals surface area (Å²) in [6.07, 6.45) is 4.65. The van der Waals surface area contributed by atoms with Crippen LogP contribution in [0.5, 0.6) is 5.75 Å². The third-order valence-electron chi connectivity index (χ3n) is 5.37. The monoisotopic (exact) mass is 378 g/mol. The molecule has 0 radical (unpaired) electrons. The number of nitrogens with one attached hydrogen (secondary N) is 1. The fraction of sp³-hybridized carbons (Fsp3) is 0.364. The van der Waals surface area contributed by atoms with Crippen LogP contribution in [0.2, 0.25) is 0 Å². The van der Waals surface area contributed by atoms with Crippen molar-refractivity contribution < 1.29 is 9.90 Å². The maximum atomic E-state index is 12.9. The molecule has 2 heterocycles. The van der Waals surface area contributed by atoms with Crippen LogP contribution >= 0.6 is 0 Å². The number of rotatable bonds is 3. The van der Waals surface area contributed by atoms with E-state index in [-0.39, 0.29) is 17.7 Å². The molecule has 6 heteroatoms. The molecule has 0 aromatic heterocycles. The Hall–Kier alpha value is -2.86. The van der Waals surface area contributed by atoms with E-state index in [4.69, 9.17) is 0 Å². The van der Waals surface area contributed by atoms with Crippen LogP contribution in [0.3, 0.4) is 0 Å². The molecule has 4 rings (SSSR count). The number of hydrogen-bond donors (Lipinski definition) is 2. The zero-order chi connectivity index (χ0) is 19.3. The Morgan fingerprint density at radius 3 is 2.32 bits per heavy atom. The van der Waals surface area contributed by atoms with Crippen molar-refractivity contribution in [2.75, 3.05) is 19.6 Å². The van der Waals surface area contributed by atoms with Gasteiger partial charge in [0.15, 0.2) is 0 Å². The van der Waals surface area contributed by atoms with Crippen LogP contribution in [-0.2, 0) is 0 Å². The summed E-state index contributed by atoms with van der Waals surface area (Å²) in [5.74, 6) is 0.218. The van der Waals surface area contributed by atoms with E-state index in [2.05, 4.69) is 22.7 Å². The van der Waals surface area contributed by atoms with Crippen molar-refractivity contribution >= 4 is 11.7 Å². The van der Waals surface area contributed by atoms with Crippen LogP contribution in [-0.4, -0.2) is 46.5 Å². The molecule has 6 nitrogen and oxygen atoms in total. The molecule has 2 N–H and O–H groups in total. The number of carbonyl (C=O) groups is 1. The predicted molar refractivity (Wildman–Crippen MR) is 109 cm³/mol. The van der Waals surface area contributed by atoms with Gasteiger partial charge in [0.1, 0.15) is 5.75 Å². The van der Waals surface area contributed by atoms with Crippen molar-refractivity contribution in [1.82, 2.24) is 15.4 Å². The summed E-state index contributed by atoms with van der Waals surface area (Å²) in [6, 6.07) is 16.9. The normalized spacial score (nSPS) is 20.5. The number of urea groups is 1. The highest BCUT2D eigenvalue weighted by atomic mass is 16.3. The molecule has 1 atom stereocenters. The summed E-state index contributed by atoms with van der Waals surface area (Å²) in [5.41, 5.74) is 5.91. The number of hydrogen-bond acceptors (Lipinski definition) is 4. The molecule has 2 aliphatic rings. The lowest BCUT2D eigenvalue weighted by atomic mass is 9.91. The SMILES string of the molecule is O=C(NN1CCCCCC1)N1CC(c2ccccc2)C(c2ccc(O)cc2)=N1. The lowest BCUT2D eigenvalue weighted by molar-refractivity contribution is 0.151. The summed E-state index contributed by atoms with van der Waals surface area (Å²) in [6.45, 7) is 2.27. The number of hydrazine groups is 1. The highest BCUT2D eigenvalue weighted by Gasteiger charge is 2.32. The van der Waals surface area contributed by atoms with Crippen molar-refractivity contribution in [3.63, 3.8) is 0 Å². The van der Waals surface area contributed by atoms with E-state index in [0.717, 1.165) is 42.8 Å². The minimum Gasteiger partial charge on any atom is -0.508 e. The topological polar surface area (TPSA) is 68.2 Å². The van der Waals surface area contributed by atoms with Gasteiger partial charge in [-0.2, -0.15) is 5.10 Å². The van der Waals surface area contributed by atoms with Gasteiger partial charge < -0.3 is 5.11 Å². The van der Waals surface area contributed by atoms with E-state index < -0.39 is 0 Å². The van der Waals surface area contributed by atoms with Crippen molar-refractivity contribution in [3.8, 4) is 5.75 Å². The number of phenols is 1. The molecule has 2 aliphatic heterocycles. The third-order valence-corrected chi connectivity index (χ3v) is 5.37. The number of hydrazone groups is 1. The lowest BCUT2D eigenvalue weighted by Crippen LogP contribution is -2.47. The van der Waals surface area contributed by atoms with Gasteiger partial charge in [0, 0.05) is 19.0 Å². The number of phenolic OH excluding ortho intramolecular Hbond substituents is 1. The molecular formula is C22H26N4O2. The second-order valence-corrected chi connectivity index (χ2v) is 7.40. The Balaban J connectivity index is 1.56. The van der Waals surface area contributed by atoms with Crippen molar-refractivity contribution in [3.05, 3.63) is 65.7 Å². The van der Waals surface area contributed by atoms with Crippen molar-refractivity contribution in [1.29, 1.82) is 0 Å². The Kier molecular flexibility index (Phi) is 5.58. The molecule has 2 aromatic rings. The second-order valence-electron chi connectivity index (χ2n) is 7.40. The molecule has 146 valence electrons. The molecule has 28 heavy (non-hydrogen) atoms. The summed E-state index contributed by atoms with van der Waals surface area (Å²) < 4.78 is 0. The van der Waals surface area contributed by atoms with Crippen LogP contribution in [0, 0.1) is 0 Å². The molecule has 0 bridgehead atoms. The number of carbonyl (C=O) groups excluding carboxylic acids is 1. The first-order valence-corrected chi connectivity index (χ1v) is 9.96. The predicted octanol–water partition coefficient (Wildman–Crippen LogP) is 3.70. The van der Waals surface area contributed by atoms with Gasteiger partial charge in [-0.15, -0.1) is 0 Å². The van der Waals surface area contributed by atoms with Crippen LogP contribution in [0.25, 0.3) is 0 Å². The smallest absolute Gasteiger partial charge is 0.352 e. The molecule has 2 aromatic carbocycles. The van der Waals surface area contributed by atoms with E-state index in [9.17, 15) is 9.90 Å². The highest BCUT2D eigenvalue weighted by Crippen LogP contribution is 2.29. The number of benzene rings is 2. The molecule has 1 fully saturated rings. The lowest BCUT2D eigenvalue weighted by Gasteiger charge is -2.23. The molecule has 0 saturated carbocycles. The summed E-state index contributed by atoms with van der Waals surface area (Å²) in [5, 5.41) is 17.8. The second kappa shape index (κ2) is 8.44. The summed E-state index contributed by atoms with van der Waals surface area (Å²) >= 11 is 0. The fourth-order valence-corrected chi connectivity index (χ4v) is 3.84. The standard InChI is InChI=1S/C22H26N4O2/c27-19-12-10-18(11-13-19)21-20(17-8-4-3-5-9-17)16-26(23-21)22(28)24-25-14-6-1-2-7-15-25/h3-5,8-13,20,27H,1-2,6-7,14-16H2,(H,24,28). The zero-order valence-electron chi connectivity index (χ0n) is 15.9. The highest BCUT2D eigenvalue weighted by molar-refractivity contribution is 6.07. The fourth-order valence-electron chi connectivity index (χ4n) is 3.84. The number of nitrogens with zero attached hydrogens (tertiary/aromatic N) is 3. The van der Waals surface area contributed by atoms with Crippen LogP contribution in [0.15, 0.2) is 59.7 Å². The Bertz CT molecular complexity index is 827. The van der Waals surface area contributed by atoms with Gasteiger partial charge in [-0.05, 0) is 48.2 Å². The minimum atomic E-state index is -0.184. The molecular weight excluding hydrogens is 352 g/mol.